The molecule has 2 aromatic carbocycles. The third kappa shape index (κ3) is 7.24. The Hall–Kier alpha value is -2.27. The van der Waals surface area contributed by atoms with Gasteiger partial charge in [0.25, 0.3) is 0 Å². The average molecular weight is 413 g/mol. The van der Waals surface area contributed by atoms with Crippen LogP contribution in [-0.4, -0.2) is 34.6 Å². The predicted octanol–water partition coefficient (Wildman–Crippen LogP) is 4.48. The lowest BCUT2D eigenvalue weighted by atomic mass is 10.1. The van der Waals surface area contributed by atoms with Crippen molar-refractivity contribution < 1.29 is 9.59 Å². The van der Waals surface area contributed by atoms with E-state index < -0.39 is 6.04 Å². The summed E-state index contributed by atoms with van der Waals surface area (Å²) in [6.07, 6.45) is 0. The first kappa shape index (κ1) is 23.0. The number of nitrogens with zero attached hydrogens (tertiary/aromatic N) is 1. The molecule has 0 spiro atoms. The number of benzene rings is 2. The van der Waals surface area contributed by atoms with Gasteiger partial charge in [-0.1, -0.05) is 54.1 Å². The third-order valence-corrected chi connectivity index (χ3v) is 5.78. The van der Waals surface area contributed by atoms with Crippen molar-refractivity contribution in [3.63, 3.8) is 0 Å². The Morgan fingerprint density at radius 3 is 2.28 bits per heavy atom. The number of carbonyl (C=O) groups is 2. The maximum atomic E-state index is 13.0. The lowest BCUT2D eigenvalue weighted by molar-refractivity contribution is -0.138. The molecular weight excluding hydrogens is 380 g/mol. The van der Waals surface area contributed by atoms with Crippen molar-refractivity contribution in [3.8, 4) is 0 Å². The molecule has 0 aliphatic carbocycles. The summed E-state index contributed by atoms with van der Waals surface area (Å²) in [7, 11) is 0. The summed E-state index contributed by atoms with van der Waals surface area (Å²) in [5.41, 5.74) is 4.66. The summed E-state index contributed by atoms with van der Waals surface area (Å²) >= 11 is 1.59. The van der Waals surface area contributed by atoms with E-state index in [9.17, 15) is 9.59 Å². The molecule has 4 nitrogen and oxygen atoms in total. The summed E-state index contributed by atoms with van der Waals surface area (Å²) in [6, 6.07) is 15.8. The van der Waals surface area contributed by atoms with E-state index in [0.717, 1.165) is 11.3 Å². The predicted molar refractivity (Wildman–Crippen MR) is 122 cm³/mol. The van der Waals surface area contributed by atoms with Crippen LogP contribution in [0.3, 0.4) is 0 Å². The number of amides is 2. The molecular formula is C24H32N2O2S. The minimum absolute atomic E-state index is 0.0180. The number of hydrogen-bond donors (Lipinski definition) is 1. The Labute approximate surface area is 179 Å². The Bertz CT molecular complexity index is 818. The van der Waals surface area contributed by atoms with E-state index in [0.29, 0.717) is 12.3 Å². The first-order valence-corrected chi connectivity index (χ1v) is 11.2. The van der Waals surface area contributed by atoms with E-state index in [1.165, 1.54) is 16.7 Å². The van der Waals surface area contributed by atoms with Crippen LogP contribution in [0.1, 0.15) is 43.0 Å². The molecule has 0 aliphatic heterocycles. The van der Waals surface area contributed by atoms with Gasteiger partial charge in [0.1, 0.15) is 6.04 Å². The zero-order valence-corrected chi connectivity index (χ0v) is 18.9. The first-order chi connectivity index (χ1) is 13.8. The smallest absolute Gasteiger partial charge is 0.242 e. The highest BCUT2D eigenvalue weighted by Gasteiger charge is 2.26. The largest absolute Gasteiger partial charge is 0.352 e. The summed E-state index contributed by atoms with van der Waals surface area (Å²) in [4.78, 5) is 27.3. The van der Waals surface area contributed by atoms with Gasteiger partial charge in [0.15, 0.2) is 0 Å². The monoisotopic (exact) mass is 412 g/mol. The molecule has 0 fully saturated rings. The zero-order valence-electron chi connectivity index (χ0n) is 18.1. The molecule has 0 radical (unpaired) electrons. The molecule has 0 aromatic heterocycles. The second-order valence-electron chi connectivity index (χ2n) is 7.77. The molecule has 156 valence electrons. The van der Waals surface area contributed by atoms with E-state index in [1.54, 1.807) is 23.6 Å². The van der Waals surface area contributed by atoms with Crippen LogP contribution in [0, 0.1) is 13.8 Å². The maximum Gasteiger partial charge on any atom is 0.242 e. The summed E-state index contributed by atoms with van der Waals surface area (Å²) in [5, 5.41) is 2.92. The highest BCUT2D eigenvalue weighted by Crippen LogP contribution is 2.18. The molecule has 5 heteroatoms. The average Bonchev–Trinajstić information content (AvgIpc) is 2.68. The van der Waals surface area contributed by atoms with Gasteiger partial charge in [-0.15, -0.1) is 11.8 Å². The van der Waals surface area contributed by atoms with Crippen molar-refractivity contribution in [1.82, 2.24) is 10.2 Å². The van der Waals surface area contributed by atoms with Crippen LogP contribution in [0.4, 0.5) is 0 Å². The van der Waals surface area contributed by atoms with E-state index >= 15 is 0 Å². The van der Waals surface area contributed by atoms with Gasteiger partial charge in [0, 0.05) is 18.3 Å². The minimum Gasteiger partial charge on any atom is -0.352 e. The van der Waals surface area contributed by atoms with Crippen LogP contribution < -0.4 is 5.32 Å². The molecule has 2 rings (SSSR count). The second-order valence-corrected chi connectivity index (χ2v) is 8.75. The van der Waals surface area contributed by atoms with E-state index in [2.05, 4.69) is 24.4 Å². The normalized spacial score (nSPS) is 11.9. The fraction of sp³-hybridized carbons (Fsp3) is 0.417. The second kappa shape index (κ2) is 11.1. The Balaban J connectivity index is 2.07. The fourth-order valence-corrected chi connectivity index (χ4v) is 3.97. The van der Waals surface area contributed by atoms with Crippen LogP contribution in [-0.2, 0) is 21.9 Å². The summed E-state index contributed by atoms with van der Waals surface area (Å²) < 4.78 is 0. The highest BCUT2D eigenvalue weighted by atomic mass is 32.2. The molecule has 0 heterocycles. The molecule has 2 aromatic rings. The van der Waals surface area contributed by atoms with Crippen LogP contribution >= 0.6 is 11.8 Å². The quantitative estimate of drug-likeness (QED) is 0.661. The van der Waals surface area contributed by atoms with Gasteiger partial charge < -0.3 is 10.2 Å². The van der Waals surface area contributed by atoms with Gasteiger partial charge >= 0.3 is 0 Å². The van der Waals surface area contributed by atoms with E-state index in [-0.39, 0.29) is 17.9 Å². The fourth-order valence-electron chi connectivity index (χ4n) is 2.98. The molecule has 0 saturated carbocycles. The van der Waals surface area contributed by atoms with Gasteiger partial charge in [-0.3, -0.25) is 9.59 Å². The Morgan fingerprint density at radius 2 is 1.66 bits per heavy atom. The summed E-state index contributed by atoms with van der Waals surface area (Å²) in [5.74, 6) is 0.989. The molecule has 0 bridgehead atoms. The minimum atomic E-state index is -0.523. The van der Waals surface area contributed by atoms with Gasteiger partial charge in [0.05, 0.1) is 5.75 Å². The van der Waals surface area contributed by atoms with Gasteiger partial charge in [-0.2, -0.15) is 0 Å². The first-order valence-electron chi connectivity index (χ1n) is 10.1. The van der Waals surface area contributed by atoms with Crippen molar-refractivity contribution >= 4 is 23.6 Å². The highest BCUT2D eigenvalue weighted by molar-refractivity contribution is 7.99. The van der Waals surface area contributed by atoms with Crippen molar-refractivity contribution in [2.24, 2.45) is 0 Å². The summed E-state index contributed by atoms with van der Waals surface area (Å²) in [6.45, 7) is 10.2. The van der Waals surface area contributed by atoms with Crippen LogP contribution in [0.5, 0.6) is 0 Å². The van der Waals surface area contributed by atoms with E-state index in [1.807, 2.05) is 57.2 Å². The number of carbonyl (C=O) groups excluding carboxylic acids is 2. The standard InChI is InChI=1S/C24H32N2O2S/c1-17(2)25-24(28)20(5)26(14-21-12-10-18(3)11-13-21)23(27)16-29-15-22-9-7-6-8-19(22)4/h6-13,17,20H,14-16H2,1-5H3,(H,25,28)/t20-/m1/s1. The van der Waals surface area contributed by atoms with Gasteiger partial charge in [0.2, 0.25) is 11.8 Å². The Morgan fingerprint density at radius 1 is 1.00 bits per heavy atom. The number of aryl methyl sites for hydroxylation is 2. The van der Waals surface area contributed by atoms with Gasteiger partial charge in [-0.25, -0.2) is 0 Å². The molecule has 2 amide bonds. The Kier molecular flexibility index (Phi) is 8.77. The molecule has 0 saturated heterocycles. The van der Waals surface area contributed by atoms with Crippen LogP contribution in [0.25, 0.3) is 0 Å². The zero-order chi connectivity index (χ0) is 21.4. The SMILES string of the molecule is Cc1ccc(CN(C(=O)CSCc2ccccc2C)[C@H](C)C(=O)NC(C)C)cc1. The van der Waals surface area contributed by atoms with Gasteiger partial charge in [-0.05, 0) is 51.3 Å². The number of rotatable bonds is 9. The molecule has 29 heavy (non-hydrogen) atoms. The lowest BCUT2D eigenvalue weighted by Gasteiger charge is -2.29. The number of nitrogens with one attached hydrogen (secondary N) is 1. The van der Waals surface area contributed by atoms with Crippen molar-refractivity contribution in [2.75, 3.05) is 5.75 Å². The van der Waals surface area contributed by atoms with E-state index in [4.69, 9.17) is 0 Å². The van der Waals surface area contributed by atoms with Crippen molar-refractivity contribution in [1.29, 1.82) is 0 Å². The van der Waals surface area contributed by atoms with Crippen LogP contribution in [0.2, 0.25) is 0 Å². The molecule has 1 N–H and O–H groups in total. The number of thioether (sulfide) groups is 1. The molecule has 1 atom stereocenters. The molecule has 0 aliphatic rings. The third-order valence-electron chi connectivity index (χ3n) is 4.82. The molecule has 0 unspecified atom stereocenters. The number of hydrogen-bond acceptors (Lipinski definition) is 3. The lowest BCUT2D eigenvalue weighted by Crippen LogP contribution is -2.49. The van der Waals surface area contributed by atoms with Crippen molar-refractivity contribution in [3.05, 3.63) is 70.8 Å². The topological polar surface area (TPSA) is 49.4 Å². The van der Waals surface area contributed by atoms with Crippen LogP contribution in [0.15, 0.2) is 48.5 Å². The van der Waals surface area contributed by atoms with Crippen molar-refractivity contribution in [2.45, 2.75) is 59.0 Å². The maximum absolute atomic E-state index is 13.0.